The average Bonchev–Trinajstić information content (AvgIpc) is 2.86. The predicted molar refractivity (Wildman–Crippen MR) is 94.6 cm³/mol. The van der Waals surface area contributed by atoms with Gasteiger partial charge in [0.05, 0.1) is 7.11 Å². The maximum Gasteiger partial charge on any atom is 0.332 e. The highest BCUT2D eigenvalue weighted by Gasteiger charge is 2.48. The number of methoxy groups -OCH3 is 1. The van der Waals surface area contributed by atoms with Crippen LogP contribution in [0.1, 0.15) is 25.8 Å². The fourth-order valence-corrected chi connectivity index (χ4v) is 2.59. The molecule has 1 atom stereocenters. The Morgan fingerprint density at radius 2 is 2.04 bits per heavy atom. The molecule has 1 aliphatic rings. The molecule has 8 heteroatoms. The number of amides is 3. The molecular weight excluding hydrogens is 336 g/mol. The third-order valence-electron chi connectivity index (χ3n) is 4.39. The van der Waals surface area contributed by atoms with E-state index in [1.165, 1.54) is 6.20 Å². The predicted octanol–water partition coefficient (Wildman–Crippen LogP) is 2.81. The van der Waals surface area contributed by atoms with Crippen molar-refractivity contribution in [2.45, 2.75) is 32.7 Å². The summed E-state index contributed by atoms with van der Waals surface area (Å²) in [4.78, 5) is 33.9. The number of carbonyl (C=O) groups excluding carboxylic acids is 2. The smallest absolute Gasteiger partial charge is 0.332 e. The van der Waals surface area contributed by atoms with Crippen molar-refractivity contribution in [2.24, 2.45) is 0 Å². The SMILES string of the molecule is CC[C@@]1(C)NC(=O)N(c2nccc(Oc3ccc(C)c(OC)c3)n2)C1=O. The molecule has 2 heterocycles. The lowest BCUT2D eigenvalue weighted by molar-refractivity contribution is -0.121. The maximum atomic E-state index is 12.6. The molecule has 1 fully saturated rings. The summed E-state index contributed by atoms with van der Waals surface area (Å²) in [6.07, 6.45) is 1.90. The molecule has 3 rings (SSSR count). The zero-order chi connectivity index (χ0) is 18.9. The van der Waals surface area contributed by atoms with Gasteiger partial charge in [-0.05, 0) is 31.9 Å². The Morgan fingerprint density at radius 3 is 2.69 bits per heavy atom. The highest BCUT2D eigenvalue weighted by molar-refractivity contribution is 6.22. The fraction of sp³-hybridized carbons (Fsp3) is 0.333. The molecule has 1 aromatic heterocycles. The van der Waals surface area contributed by atoms with E-state index in [2.05, 4.69) is 15.3 Å². The number of aryl methyl sites for hydroxylation is 1. The number of urea groups is 1. The van der Waals surface area contributed by atoms with Crippen molar-refractivity contribution in [3.8, 4) is 17.4 Å². The number of hydrogen-bond donors (Lipinski definition) is 1. The second-order valence-electron chi connectivity index (χ2n) is 6.18. The normalized spacial score (nSPS) is 19.5. The molecule has 3 amide bonds. The van der Waals surface area contributed by atoms with Crippen LogP contribution in [-0.2, 0) is 4.79 Å². The van der Waals surface area contributed by atoms with Crippen molar-refractivity contribution in [1.29, 1.82) is 0 Å². The molecule has 136 valence electrons. The Balaban J connectivity index is 1.87. The maximum absolute atomic E-state index is 12.6. The van der Waals surface area contributed by atoms with E-state index in [0.29, 0.717) is 17.9 Å². The van der Waals surface area contributed by atoms with Gasteiger partial charge in [0.2, 0.25) is 11.8 Å². The van der Waals surface area contributed by atoms with Crippen molar-refractivity contribution in [3.63, 3.8) is 0 Å². The number of anilines is 1. The van der Waals surface area contributed by atoms with Gasteiger partial charge in [0.15, 0.2) is 0 Å². The molecule has 8 nitrogen and oxygen atoms in total. The zero-order valence-electron chi connectivity index (χ0n) is 15.1. The third-order valence-corrected chi connectivity index (χ3v) is 4.39. The van der Waals surface area contributed by atoms with Crippen LogP contribution in [0.3, 0.4) is 0 Å². The van der Waals surface area contributed by atoms with Gasteiger partial charge in [-0.15, -0.1) is 0 Å². The van der Waals surface area contributed by atoms with Crippen LogP contribution in [0.2, 0.25) is 0 Å². The van der Waals surface area contributed by atoms with Crippen molar-refractivity contribution in [3.05, 3.63) is 36.0 Å². The molecule has 1 aliphatic heterocycles. The van der Waals surface area contributed by atoms with Gasteiger partial charge >= 0.3 is 6.03 Å². The molecule has 26 heavy (non-hydrogen) atoms. The third kappa shape index (κ3) is 3.05. The first kappa shape index (κ1) is 17.7. The van der Waals surface area contributed by atoms with Crippen molar-refractivity contribution in [2.75, 3.05) is 12.0 Å². The van der Waals surface area contributed by atoms with E-state index in [9.17, 15) is 9.59 Å². The number of benzene rings is 1. The summed E-state index contributed by atoms with van der Waals surface area (Å²) in [7, 11) is 1.58. The zero-order valence-corrected chi connectivity index (χ0v) is 15.1. The summed E-state index contributed by atoms with van der Waals surface area (Å²) in [6, 6.07) is 6.38. The number of rotatable bonds is 5. The molecule has 2 aromatic rings. The lowest BCUT2D eigenvalue weighted by atomic mass is 10.00. The first-order chi connectivity index (χ1) is 12.4. The molecule has 1 saturated heterocycles. The minimum absolute atomic E-state index is 0.0266. The van der Waals surface area contributed by atoms with Gasteiger partial charge in [-0.2, -0.15) is 9.88 Å². The summed E-state index contributed by atoms with van der Waals surface area (Å²) in [5, 5.41) is 2.67. The summed E-state index contributed by atoms with van der Waals surface area (Å²) < 4.78 is 11.0. The highest BCUT2D eigenvalue weighted by Crippen LogP contribution is 2.29. The van der Waals surface area contributed by atoms with Crippen LogP contribution in [0.15, 0.2) is 30.5 Å². The Bertz CT molecular complexity index is 870. The molecular formula is C18H20N4O4. The van der Waals surface area contributed by atoms with Crippen LogP contribution in [0.4, 0.5) is 10.7 Å². The first-order valence-corrected chi connectivity index (χ1v) is 8.20. The van der Waals surface area contributed by atoms with E-state index >= 15 is 0 Å². The van der Waals surface area contributed by atoms with Crippen LogP contribution < -0.4 is 19.7 Å². The van der Waals surface area contributed by atoms with Gasteiger partial charge in [0.25, 0.3) is 5.91 Å². The monoisotopic (exact) mass is 356 g/mol. The number of carbonyl (C=O) groups is 2. The van der Waals surface area contributed by atoms with Crippen molar-refractivity contribution >= 4 is 17.9 Å². The average molecular weight is 356 g/mol. The number of aromatic nitrogens is 2. The highest BCUT2D eigenvalue weighted by atomic mass is 16.5. The van der Waals surface area contributed by atoms with E-state index in [1.807, 2.05) is 19.9 Å². The van der Waals surface area contributed by atoms with E-state index < -0.39 is 11.6 Å². The second-order valence-corrected chi connectivity index (χ2v) is 6.18. The van der Waals surface area contributed by atoms with E-state index in [4.69, 9.17) is 9.47 Å². The summed E-state index contributed by atoms with van der Waals surface area (Å²) >= 11 is 0. The molecule has 1 aromatic carbocycles. The molecule has 1 N–H and O–H groups in total. The molecule has 0 aliphatic carbocycles. The number of nitrogens with zero attached hydrogens (tertiary/aromatic N) is 3. The van der Waals surface area contributed by atoms with Crippen LogP contribution in [-0.4, -0.2) is 34.6 Å². The van der Waals surface area contributed by atoms with Crippen molar-refractivity contribution in [1.82, 2.24) is 15.3 Å². The van der Waals surface area contributed by atoms with Crippen molar-refractivity contribution < 1.29 is 19.1 Å². The van der Waals surface area contributed by atoms with Crippen LogP contribution in [0.5, 0.6) is 17.4 Å². The lowest BCUT2D eigenvalue weighted by Crippen LogP contribution is -2.43. The van der Waals surface area contributed by atoms with E-state index in [-0.39, 0.29) is 17.7 Å². The van der Waals surface area contributed by atoms with Gasteiger partial charge in [0, 0.05) is 18.3 Å². The van der Waals surface area contributed by atoms with E-state index in [0.717, 1.165) is 10.5 Å². The number of imide groups is 1. The molecule has 0 unspecified atom stereocenters. The van der Waals surface area contributed by atoms with Gasteiger partial charge in [-0.3, -0.25) is 4.79 Å². The summed E-state index contributed by atoms with van der Waals surface area (Å²) in [6.45, 7) is 5.42. The van der Waals surface area contributed by atoms with Gasteiger partial charge in [-0.25, -0.2) is 9.78 Å². The summed E-state index contributed by atoms with van der Waals surface area (Å²) in [5.74, 6) is 1.00. The van der Waals surface area contributed by atoms with Crippen LogP contribution in [0, 0.1) is 6.92 Å². The molecule has 0 radical (unpaired) electrons. The number of nitrogens with one attached hydrogen (secondary N) is 1. The van der Waals surface area contributed by atoms with Gasteiger partial charge in [0.1, 0.15) is 17.0 Å². The van der Waals surface area contributed by atoms with Gasteiger partial charge < -0.3 is 14.8 Å². The Morgan fingerprint density at radius 1 is 1.27 bits per heavy atom. The molecule has 0 spiro atoms. The largest absolute Gasteiger partial charge is 0.496 e. The van der Waals surface area contributed by atoms with Crippen LogP contribution >= 0.6 is 0 Å². The Hall–Kier alpha value is -3.16. The Kier molecular flexibility index (Phi) is 4.50. The summed E-state index contributed by atoms with van der Waals surface area (Å²) in [5.41, 5.74) is 0.0168. The topological polar surface area (TPSA) is 93.7 Å². The first-order valence-electron chi connectivity index (χ1n) is 8.20. The second kappa shape index (κ2) is 6.62. The fourth-order valence-electron chi connectivity index (χ4n) is 2.59. The van der Waals surface area contributed by atoms with Crippen LogP contribution in [0.25, 0.3) is 0 Å². The standard InChI is InChI=1S/C18H20N4O4/c1-5-18(3)15(23)22(17(24)21-18)16-19-9-8-14(20-16)26-12-7-6-11(2)13(10-12)25-4/h6-10H,5H2,1-4H3,(H,21,24)/t18-/m1/s1. The minimum atomic E-state index is -0.957. The number of ether oxygens (including phenoxy) is 2. The minimum Gasteiger partial charge on any atom is -0.496 e. The quantitative estimate of drug-likeness (QED) is 0.828. The molecule has 0 saturated carbocycles. The number of hydrogen-bond acceptors (Lipinski definition) is 6. The molecule has 0 bridgehead atoms. The lowest BCUT2D eigenvalue weighted by Gasteiger charge is -2.18. The Labute approximate surface area is 151 Å². The van der Waals surface area contributed by atoms with E-state index in [1.54, 1.807) is 32.2 Å². The van der Waals surface area contributed by atoms with Gasteiger partial charge in [-0.1, -0.05) is 13.0 Å².